The number of benzene rings is 1. The number of aromatic nitrogens is 1. The van der Waals surface area contributed by atoms with Gasteiger partial charge in [0.1, 0.15) is 16.9 Å². The average molecular weight is 468 g/mol. The molecule has 8 nitrogen and oxygen atoms in total. The number of sulfonamides is 1. The Hall–Kier alpha value is -3.42. The first-order valence-corrected chi connectivity index (χ1v) is 12.4. The number of carbonyl (C=O) groups is 1. The fourth-order valence-electron chi connectivity index (χ4n) is 3.51. The molecule has 2 heterocycles. The van der Waals surface area contributed by atoms with Gasteiger partial charge in [0.05, 0.1) is 17.0 Å². The number of pyridine rings is 1. The topological polar surface area (TPSA) is 124 Å². The zero-order chi connectivity index (χ0) is 22.6. The van der Waals surface area contributed by atoms with Crippen LogP contribution in [0.3, 0.4) is 0 Å². The number of anilines is 3. The molecule has 1 aliphatic carbocycles. The van der Waals surface area contributed by atoms with Crippen LogP contribution >= 0.6 is 11.3 Å². The van der Waals surface area contributed by atoms with E-state index >= 15 is 0 Å². The van der Waals surface area contributed by atoms with Crippen molar-refractivity contribution in [3.63, 3.8) is 0 Å². The standard InChI is InChI=1S/C22H21N5O3S2/c23-13-18-17-5-1-2-6-19(17)31-22(18)25-14-21(28)26-15-8-10-16(11-9-15)32(29,30)27-20-7-3-4-12-24-20/h3-4,7-12,25H,1-2,5-6,14H2,(H,24,27)(H,26,28). The molecule has 2 aromatic heterocycles. The number of aryl methyl sites for hydroxylation is 1. The maximum atomic E-state index is 12.5. The van der Waals surface area contributed by atoms with Gasteiger partial charge in [-0.3, -0.25) is 9.52 Å². The highest BCUT2D eigenvalue weighted by atomic mass is 32.2. The van der Waals surface area contributed by atoms with E-state index in [1.807, 2.05) is 0 Å². The first kappa shape index (κ1) is 21.8. The highest BCUT2D eigenvalue weighted by Gasteiger charge is 2.21. The summed E-state index contributed by atoms with van der Waals surface area (Å²) in [7, 11) is -3.78. The molecule has 0 aliphatic heterocycles. The van der Waals surface area contributed by atoms with Gasteiger partial charge in [-0.15, -0.1) is 11.3 Å². The van der Waals surface area contributed by atoms with E-state index in [9.17, 15) is 18.5 Å². The van der Waals surface area contributed by atoms with Gasteiger partial charge in [-0.2, -0.15) is 5.26 Å². The number of amides is 1. The van der Waals surface area contributed by atoms with Gasteiger partial charge in [0.15, 0.2) is 0 Å². The first-order valence-electron chi connectivity index (χ1n) is 10.1. The Morgan fingerprint density at radius 1 is 1.12 bits per heavy atom. The number of fused-ring (bicyclic) bond motifs is 1. The normalized spacial score (nSPS) is 13.0. The molecule has 1 aliphatic rings. The van der Waals surface area contributed by atoms with E-state index in [0.29, 0.717) is 11.3 Å². The summed E-state index contributed by atoms with van der Waals surface area (Å²) in [5.41, 5.74) is 2.23. The lowest BCUT2D eigenvalue weighted by molar-refractivity contribution is -0.114. The van der Waals surface area contributed by atoms with E-state index < -0.39 is 10.0 Å². The van der Waals surface area contributed by atoms with Gasteiger partial charge < -0.3 is 10.6 Å². The minimum Gasteiger partial charge on any atom is -0.367 e. The molecule has 3 N–H and O–H groups in total. The minimum atomic E-state index is -3.78. The Kier molecular flexibility index (Phi) is 6.39. The second-order valence-corrected chi connectivity index (χ2v) is 10.1. The summed E-state index contributed by atoms with van der Waals surface area (Å²) in [4.78, 5) is 17.6. The highest BCUT2D eigenvalue weighted by molar-refractivity contribution is 7.92. The predicted octanol–water partition coefficient (Wildman–Crippen LogP) is 3.74. The molecular weight excluding hydrogens is 446 g/mol. The maximum absolute atomic E-state index is 12.5. The van der Waals surface area contributed by atoms with E-state index in [1.165, 1.54) is 35.3 Å². The Bertz CT molecular complexity index is 1260. The summed E-state index contributed by atoms with van der Waals surface area (Å²) >= 11 is 1.55. The molecule has 1 amide bonds. The van der Waals surface area contributed by atoms with Crippen molar-refractivity contribution in [2.45, 2.75) is 30.6 Å². The molecule has 0 bridgehead atoms. The van der Waals surface area contributed by atoms with Crippen LogP contribution in [0, 0.1) is 11.3 Å². The van der Waals surface area contributed by atoms with Crippen molar-refractivity contribution in [3.05, 3.63) is 64.7 Å². The summed E-state index contributed by atoms with van der Waals surface area (Å²) < 4.78 is 27.3. The lowest BCUT2D eigenvalue weighted by Crippen LogP contribution is -2.21. The number of nitrogens with zero attached hydrogens (tertiary/aromatic N) is 2. The Morgan fingerprint density at radius 2 is 1.91 bits per heavy atom. The molecule has 0 radical (unpaired) electrons. The molecule has 0 spiro atoms. The summed E-state index contributed by atoms with van der Waals surface area (Å²) in [6.07, 6.45) is 5.60. The lowest BCUT2D eigenvalue weighted by atomic mass is 9.96. The number of hydrogen-bond donors (Lipinski definition) is 3. The van der Waals surface area contributed by atoms with Crippen LogP contribution in [0.1, 0.15) is 28.8 Å². The molecule has 164 valence electrons. The van der Waals surface area contributed by atoms with E-state index in [1.54, 1.807) is 29.5 Å². The predicted molar refractivity (Wildman–Crippen MR) is 124 cm³/mol. The molecule has 32 heavy (non-hydrogen) atoms. The quantitative estimate of drug-likeness (QED) is 0.486. The Balaban J connectivity index is 1.36. The first-order chi connectivity index (χ1) is 15.5. The van der Waals surface area contributed by atoms with Crippen molar-refractivity contribution >= 4 is 43.8 Å². The summed E-state index contributed by atoms with van der Waals surface area (Å²) in [6, 6.07) is 13.1. The monoisotopic (exact) mass is 467 g/mol. The number of nitrogens with one attached hydrogen (secondary N) is 3. The van der Waals surface area contributed by atoms with Crippen molar-refractivity contribution in [1.82, 2.24) is 4.98 Å². The van der Waals surface area contributed by atoms with Gasteiger partial charge >= 0.3 is 0 Å². The van der Waals surface area contributed by atoms with E-state index in [4.69, 9.17) is 0 Å². The molecule has 0 fully saturated rings. The Morgan fingerprint density at radius 3 is 2.62 bits per heavy atom. The summed E-state index contributed by atoms with van der Waals surface area (Å²) in [5, 5.41) is 16.0. The molecule has 0 unspecified atom stereocenters. The zero-order valence-corrected chi connectivity index (χ0v) is 18.7. The van der Waals surface area contributed by atoms with Crippen LogP contribution in [0.15, 0.2) is 53.6 Å². The molecular formula is C22H21N5O3S2. The minimum absolute atomic E-state index is 0.00928. The highest BCUT2D eigenvalue weighted by Crippen LogP contribution is 2.37. The van der Waals surface area contributed by atoms with Crippen molar-refractivity contribution in [1.29, 1.82) is 5.26 Å². The van der Waals surface area contributed by atoms with Gasteiger partial charge in [0, 0.05) is 16.8 Å². The van der Waals surface area contributed by atoms with Crippen LogP contribution in [0.2, 0.25) is 0 Å². The van der Waals surface area contributed by atoms with Crippen molar-refractivity contribution in [3.8, 4) is 6.07 Å². The lowest BCUT2D eigenvalue weighted by Gasteiger charge is -2.10. The number of nitriles is 1. The second kappa shape index (κ2) is 9.38. The second-order valence-electron chi connectivity index (χ2n) is 7.27. The third-order valence-electron chi connectivity index (χ3n) is 5.04. The fraction of sp³-hybridized carbons (Fsp3) is 0.227. The summed E-state index contributed by atoms with van der Waals surface area (Å²) in [5.74, 6) is -0.0644. The van der Waals surface area contributed by atoms with E-state index in [0.717, 1.165) is 36.2 Å². The van der Waals surface area contributed by atoms with Crippen molar-refractivity contribution < 1.29 is 13.2 Å². The van der Waals surface area contributed by atoms with Crippen LogP contribution in [0.25, 0.3) is 0 Å². The van der Waals surface area contributed by atoms with Crippen molar-refractivity contribution in [2.24, 2.45) is 0 Å². The van der Waals surface area contributed by atoms with E-state index in [2.05, 4.69) is 26.4 Å². The smallest absolute Gasteiger partial charge is 0.263 e. The van der Waals surface area contributed by atoms with Crippen LogP contribution in [0.4, 0.5) is 16.5 Å². The largest absolute Gasteiger partial charge is 0.367 e. The number of rotatable bonds is 7. The van der Waals surface area contributed by atoms with Crippen molar-refractivity contribution in [2.75, 3.05) is 21.9 Å². The van der Waals surface area contributed by atoms with Crippen LogP contribution in [0.5, 0.6) is 0 Å². The molecule has 3 aromatic rings. The van der Waals surface area contributed by atoms with Crippen LogP contribution in [-0.4, -0.2) is 25.9 Å². The average Bonchev–Trinajstić information content (AvgIpc) is 3.16. The van der Waals surface area contributed by atoms with Gasteiger partial charge in [0.25, 0.3) is 10.0 Å². The zero-order valence-electron chi connectivity index (χ0n) is 17.1. The molecule has 0 saturated carbocycles. The SMILES string of the molecule is N#Cc1c(NCC(=O)Nc2ccc(S(=O)(=O)Nc3ccccn3)cc2)sc2c1CCCC2. The molecule has 0 atom stereocenters. The summed E-state index contributed by atoms with van der Waals surface area (Å²) in [6.45, 7) is 0.00928. The maximum Gasteiger partial charge on any atom is 0.263 e. The van der Waals surface area contributed by atoms with Gasteiger partial charge in [-0.05, 0) is 67.6 Å². The number of carbonyl (C=O) groups excluding carboxylic acids is 1. The van der Waals surface area contributed by atoms with Gasteiger partial charge in [-0.1, -0.05) is 6.07 Å². The Labute approximate surface area is 190 Å². The molecule has 4 rings (SSSR count). The van der Waals surface area contributed by atoms with Gasteiger partial charge in [-0.25, -0.2) is 13.4 Å². The van der Waals surface area contributed by atoms with E-state index in [-0.39, 0.29) is 23.2 Å². The fourth-order valence-corrected chi connectivity index (χ4v) is 5.76. The van der Waals surface area contributed by atoms with Crippen LogP contribution in [-0.2, 0) is 27.7 Å². The number of thiophene rings is 1. The third-order valence-corrected chi connectivity index (χ3v) is 7.66. The molecule has 10 heteroatoms. The third kappa shape index (κ3) is 4.90. The van der Waals surface area contributed by atoms with Gasteiger partial charge in [0.2, 0.25) is 5.91 Å². The molecule has 0 saturated heterocycles. The van der Waals surface area contributed by atoms with Crippen LogP contribution < -0.4 is 15.4 Å². The number of hydrogen-bond acceptors (Lipinski definition) is 7. The molecule has 1 aromatic carbocycles.